The molecule has 20 heavy (non-hydrogen) atoms. The van der Waals surface area contributed by atoms with Crippen LogP contribution in [-0.4, -0.2) is 45.0 Å². The number of methoxy groups -OCH3 is 1. The van der Waals surface area contributed by atoms with E-state index in [2.05, 4.69) is 9.47 Å². The van der Waals surface area contributed by atoms with E-state index < -0.39 is 24.5 Å². The Morgan fingerprint density at radius 3 is 2.35 bits per heavy atom. The van der Waals surface area contributed by atoms with Gasteiger partial charge in [-0.2, -0.15) is 0 Å². The van der Waals surface area contributed by atoms with Crippen LogP contribution in [0.1, 0.15) is 26.7 Å². The maximum atomic E-state index is 11.1. The van der Waals surface area contributed by atoms with Crippen LogP contribution in [0.2, 0.25) is 0 Å². The van der Waals surface area contributed by atoms with Gasteiger partial charge >= 0.3 is 18.1 Å². The van der Waals surface area contributed by atoms with Gasteiger partial charge in [-0.15, -0.1) is 0 Å². The van der Waals surface area contributed by atoms with Gasteiger partial charge in [0.1, 0.15) is 13.0 Å². The lowest BCUT2D eigenvalue weighted by molar-refractivity contribution is -0.152. The normalized spacial score (nSPS) is 10.7. The van der Waals surface area contributed by atoms with Crippen LogP contribution in [0.4, 0.5) is 4.79 Å². The van der Waals surface area contributed by atoms with Crippen LogP contribution in [-0.2, 0) is 28.5 Å². The maximum Gasteiger partial charge on any atom is 0.508 e. The Kier molecular flexibility index (Phi) is 9.72. The van der Waals surface area contributed by atoms with Gasteiger partial charge in [-0.1, -0.05) is 6.08 Å². The molecule has 0 amide bonds. The highest BCUT2D eigenvalue weighted by atomic mass is 16.7. The minimum atomic E-state index is -0.718. The summed E-state index contributed by atoms with van der Waals surface area (Å²) in [5, 5.41) is 0. The van der Waals surface area contributed by atoms with Crippen molar-refractivity contribution in [3.05, 3.63) is 11.6 Å². The summed E-state index contributed by atoms with van der Waals surface area (Å²) in [5.41, 5.74) is 0.807. The summed E-state index contributed by atoms with van der Waals surface area (Å²) in [6.45, 7) is 3.99. The molecule has 0 N–H and O–H groups in total. The number of hydrogen-bond donors (Lipinski definition) is 0. The van der Waals surface area contributed by atoms with E-state index in [9.17, 15) is 14.4 Å². The SMILES string of the molecule is CCOC(=O)OC/C(C)=C/CCOC(=O)CC(=O)OC. The van der Waals surface area contributed by atoms with Gasteiger partial charge in [0.25, 0.3) is 0 Å². The van der Waals surface area contributed by atoms with Crippen LogP contribution in [0.3, 0.4) is 0 Å². The van der Waals surface area contributed by atoms with E-state index in [1.807, 2.05) is 0 Å². The van der Waals surface area contributed by atoms with E-state index >= 15 is 0 Å². The summed E-state index contributed by atoms with van der Waals surface area (Å²) in [6, 6.07) is 0. The largest absolute Gasteiger partial charge is 0.508 e. The first-order chi connectivity index (χ1) is 9.49. The lowest BCUT2D eigenvalue weighted by Gasteiger charge is -2.05. The molecule has 0 aromatic rings. The molecule has 7 nitrogen and oxygen atoms in total. The van der Waals surface area contributed by atoms with E-state index in [1.165, 1.54) is 7.11 Å². The monoisotopic (exact) mass is 288 g/mol. The predicted octanol–water partition coefficient (Wildman–Crippen LogP) is 1.60. The molecule has 0 heterocycles. The second kappa shape index (κ2) is 10.8. The lowest BCUT2D eigenvalue weighted by Crippen LogP contribution is -2.13. The number of ether oxygens (including phenoxy) is 4. The van der Waals surface area contributed by atoms with Gasteiger partial charge in [0.2, 0.25) is 0 Å². The number of rotatable bonds is 8. The Hall–Kier alpha value is -2.05. The topological polar surface area (TPSA) is 88.1 Å². The maximum absolute atomic E-state index is 11.1. The number of hydrogen-bond acceptors (Lipinski definition) is 7. The van der Waals surface area contributed by atoms with Crippen molar-refractivity contribution in [1.82, 2.24) is 0 Å². The van der Waals surface area contributed by atoms with Crippen LogP contribution < -0.4 is 0 Å². The van der Waals surface area contributed by atoms with Crippen LogP contribution in [0.15, 0.2) is 11.6 Å². The van der Waals surface area contributed by atoms with Gasteiger partial charge in [0.05, 0.1) is 20.3 Å². The van der Waals surface area contributed by atoms with Gasteiger partial charge in [0.15, 0.2) is 0 Å². The molecule has 0 aliphatic heterocycles. The molecular weight excluding hydrogens is 268 g/mol. The Labute approximate surface area is 117 Å². The fourth-order valence-corrected chi connectivity index (χ4v) is 1.11. The quantitative estimate of drug-likeness (QED) is 0.220. The molecule has 0 aliphatic carbocycles. The van der Waals surface area contributed by atoms with E-state index in [4.69, 9.17) is 9.47 Å². The predicted molar refractivity (Wildman–Crippen MR) is 68.9 cm³/mol. The number of carbonyl (C=O) groups is 3. The molecule has 0 aromatic carbocycles. The minimum Gasteiger partial charge on any atom is -0.469 e. The van der Waals surface area contributed by atoms with Gasteiger partial charge < -0.3 is 18.9 Å². The van der Waals surface area contributed by atoms with Gasteiger partial charge in [-0.25, -0.2) is 4.79 Å². The molecule has 0 aliphatic rings. The third kappa shape index (κ3) is 9.93. The highest BCUT2D eigenvalue weighted by molar-refractivity contribution is 5.91. The van der Waals surface area contributed by atoms with E-state index in [0.29, 0.717) is 6.42 Å². The second-order valence-corrected chi connectivity index (χ2v) is 3.78. The Bertz CT molecular complexity index is 360. The molecule has 0 aromatic heterocycles. The summed E-state index contributed by atoms with van der Waals surface area (Å²) in [5.74, 6) is -1.27. The molecule has 0 fully saturated rings. The zero-order valence-electron chi connectivity index (χ0n) is 12.0. The summed E-state index contributed by atoms with van der Waals surface area (Å²) in [4.78, 5) is 32.8. The van der Waals surface area contributed by atoms with Crippen molar-refractivity contribution in [1.29, 1.82) is 0 Å². The van der Waals surface area contributed by atoms with Gasteiger partial charge in [-0.05, 0) is 25.8 Å². The molecule has 0 saturated heterocycles. The Morgan fingerprint density at radius 2 is 1.75 bits per heavy atom. The smallest absolute Gasteiger partial charge is 0.469 e. The zero-order valence-corrected chi connectivity index (χ0v) is 12.0. The number of esters is 2. The molecule has 0 radical (unpaired) electrons. The zero-order chi connectivity index (χ0) is 15.4. The van der Waals surface area contributed by atoms with Crippen LogP contribution in [0.25, 0.3) is 0 Å². The number of carbonyl (C=O) groups excluding carboxylic acids is 3. The van der Waals surface area contributed by atoms with Crippen LogP contribution in [0.5, 0.6) is 0 Å². The third-order valence-electron chi connectivity index (χ3n) is 2.07. The first-order valence-corrected chi connectivity index (χ1v) is 6.17. The summed E-state index contributed by atoms with van der Waals surface area (Å²) < 4.78 is 18.5. The summed E-state index contributed by atoms with van der Waals surface area (Å²) >= 11 is 0. The van der Waals surface area contributed by atoms with Gasteiger partial charge in [0, 0.05) is 0 Å². The van der Waals surface area contributed by atoms with Crippen molar-refractivity contribution in [2.24, 2.45) is 0 Å². The van der Waals surface area contributed by atoms with Crippen molar-refractivity contribution in [3.63, 3.8) is 0 Å². The van der Waals surface area contributed by atoms with E-state index in [1.54, 1.807) is 19.9 Å². The fraction of sp³-hybridized carbons (Fsp3) is 0.615. The summed E-state index contributed by atoms with van der Waals surface area (Å²) in [6.07, 6.45) is 1.12. The standard InChI is InChI=1S/C13H20O7/c1-4-18-13(16)20-9-10(2)6-5-7-19-12(15)8-11(14)17-3/h6H,4-5,7-9H2,1-3H3/b10-6+. The highest BCUT2D eigenvalue weighted by Crippen LogP contribution is 1.99. The minimum absolute atomic E-state index is 0.120. The van der Waals surface area contributed by atoms with Crippen molar-refractivity contribution in [2.75, 3.05) is 26.9 Å². The molecule has 0 rings (SSSR count). The molecule has 0 bridgehead atoms. The van der Waals surface area contributed by atoms with Gasteiger partial charge in [-0.3, -0.25) is 9.59 Å². The second-order valence-electron chi connectivity index (χ2n) is 3.78. The fourth-order valence-electron chi connectivity index (χ4n) is 1.11. The van der Waals surface area contributed by atoms with Crippen LogP contribution >= 0.6 is 0 Å². The average molecular weight is 288 g/mol. The Balaban J connectivity index is 3.75. The first-order valence-electron chi connectivity index (χ1n) is 6.17. The van der Waals surface area contributed by atoms with Crippen LogP contribution in [0, 0.1) is 0 Å². The molecule has 0 saturated carbocycles. The molecule has 0 atom stereocenters. The first kappa shape index (κ1) is 17.9. The third-order valence-corrected chi connectivity index (χ3v) is 2.07. The average Bonchev–Trinajstić information content (AvgIpc) is 2.41. The van der Waals surface area contributed by atoms with Crippen molar-refractivity contribution >= 4 is 18.1 Å². The molecule has 7 heteroatoms. The summed E-state index contributed by atoms with van der Waals surface area (Å²) in [7, 11) is 1.20. The lowest BCUT2D eigenvalue weighted by atomic mass is 10.2. The molecular formula is C13H20O7. The molecule has 0 spiro atoms. The van der Waals surface area contributed by atoms with E-state index in [-0.39, 0.29) is 19.8 Å². The van der Waals surface area contributed by atoms with Crippen molar-refractivity contribution in [3.8, 4) is 0 Å². The molecule has 114 valence electrons. The Morgan fingerprint density at radius 1 is 1.05 bits per heavy atom. The highest BCUT2D eigenvalue weighted by Gasteiger charge is 2.09. The molecule has 0 unspecified atom stereocenters. The van der Waals surface area contributed by atoms with Crippen molar-refractivity contribution < 1.29 is 33.3 Å². The van der Waals surface area contributed by atoms with E-state index in [0.717, 1.165) is 5.57 Å². The van der Waals surface area contributed by atoms with Crippen molar-refractivity contribution in [2.45, 2.75) is 26.7 Å².